The van der Waals surface area contributed by atoms with Gasteiger partial charge in [-0.2, -0.15) is 18.3 Å². The summed E-state index contributed by atoms with van der Waals surface area (Å²) in [5, 5.41) is 4.13. The maximum absolute atomic E-state index is 12.6. The lowest BCUT2D eigenvalue weighted by molar-refractivity contribution is -0.137. The van der Waals surface area contributed by atoms with Crippen molar-refractivity contribution in [2.45, 2.75) is 20.0 Å². The first kappa shape index (κ1) is 21.4. The Kier molecular flexibility index (Phi) is 5.81. The fourth-order valence-corrected chi connectivity index (χ4v) is 3.54. The minimum Gasteiger partial charge on any atom is -0.318 e. The second-order valence-corrected chi connectivity index (χ2v) is 7.37. The van der Waals surface area contributed by atoms with E-state index < -0.39 is 11.7 Å². The van der Waals surface area contributed by atoms with Crippen LogP contribution in [0, 0.1) is 13.8 Å². The van der Waals surface area contributed by atoms with Crippen molar-refractivity contribution in [3.05, 3.63) is 102 Å². The van der Waals surface area contributed by atoms with Crippen LogP contribution >= 0.6 is 0 Å². The molecule has 0 spiro atoms. The van der Waals surface area contributed by atoms with Crippen molar-refractivity contribution in [2.24, 2.45) is 5.10 Å². The van der Waals surface area contributed by atoms with E-state index in [9.17, 15) is 13.2 Å². The fraction of sp³-hybridized carbons (Fsp3) is 0.120. The minimum absolute atomic E-state index is 0.236. The van der Waals surface area contributed by atoms with E-state index in [0.717, 1.165) is 46.0 Å². The van der Waals surface area contributed by atoms with E-state index in [-0.39, 0.29) is 5.82 Å². The molecule has 32 heavy (non-hydrogen) atoms. The number of anilines is 1. The summed E-state index contributed by atoms with van der Waals surface area (Å²) < 4.78 is 40.0. The van der Waals surface area contributed by atoms with Crippen LogP contribution in [0.3, 0.4) is 0 Å². The van der Waals surface area contributed by atoms with Crippen molar-refractivity contribution in [2.75, 3.05) is 5.43 Å². The maximum Gasteiger partial charge on any atom is 0.417 e. The number of hydrogen-bond donors (Lipinski definition) is 1. The van der Waals surface area contributed by atoms with Crippen molar-refractivity contribution in [1.82, 2.24) is 9.55 Å². The van der Waals surface area contributed by atoms with Gasteiger partial charge < -0.3 is 4.57 Å². The highest BCUT2D eigenvalue weighted by atomic mass is 19.4. The predicted molar refractivity (Wildman–Crippen MR) is 121 cm³/mol. The van der Waals surface area contributed by atoms with Crippen LogP contribution in [0.4, 0.5) is 19.0 Å². The second-order valence-electron chi connectivity index (χ2n) is 7.37. The van der Waals surface area contributed by atoms with Crippen LogP contribution in [0.2, 0.25) is 0 Å². The van der Waals surface area contributed by atoms with Gasteiger partial charge in [-0.3, -0.25) is 5.43 Å². The molecule has 0 aliphatic heterocycles. The summed E-state index contributed by atoms with van der Waals surface area (Å²) >= 11 is 0. The number of hydrogen-bond acceptors (Lipinski definition) is 3. The number of rotatable bonds is 5. The molecule has 7 heteroatoms. The summed E-state index contributed by atoms with van der Waals surface area (Å²) in [6.45, 7) is 4.01. The van der Waals surface area contributed by atoms with Gasteiger partial charge in [-0.15, -0.1) is 0 Å². The Morgan fingerprint density at radius 1 is 0.906 bits per heavy atom. The lowest BCUT2D eigenvalue weighted by Gasteiger charge is -2.11. The maximum atomic E-state index is 12.6. The zero-order valence-electron chi connectivity index (χ0n) is 17.6. The normalized spacial score (nSPS) is 11.8. The highest BCUT2D eigenvalue weighted by Crippen LogP contribution is 2.29. The number of nitrogens with one attached hydrogen (secondary N) is 1. The molecule has 0 saturated heterocycles. The molecular formula is C25H21F3N4. The third kappa shape index (κ3) is 4.56. The molecule has 0 fully saturated rings. The van der Waals surface area contributed by atoms with Crippen molar-refractivity contribution < 1.29 is 13.2 Å². The average Bonchev–Trinajstić information content (AvgIpc) is 3.07. The molecule has 2 heterocycles. The van der Waals surface area contributed by atoms with E-state index in [1.54, 1.807) is 6.21 Å². The van der Waals surface area contributed by atoms with Gasteiger partial charge in [0, 0.05) is 28.8 Å². The van der Waals surface area contributed by atoms with Crippen LogP contribution in [0.5, 0.6) is 0 Å². The van der Waals surface area contributed by atoms with Crippen LogP contribution in [0.1, 0.15) is 22.5 Å². The number of aryl methyl sites for hydroxylation is 1. The zero-order valence-corrected chi connectivity index (χ0v) is 17.6. The highest BCUT2D eigenvalue weighted by molar-refractivity contribution is 5.82. The van der Waals surface area contributed by atoms with E-state index in [0.29, 0.717) is 0 Å². The van der Waals surface area contributed by atoms with E-state index in [1.807, 2.05) is 38.1 Å². The van der Waals surface area contributed by atoms with Gasteiger partial charge in [0.1, 0.15) is 5.82 Å². The molecular weight excluding hydrogens is 413 g/mol. The SMILES string of the molecule is Cc1cc(/C=N/Nc2ccc(C(F)(F)F)cn2)c(C)n1-c1ccc(-c2ccccc2)cc1. The van der Waals surface area contributed by atoms with Crippen LogP contribution in [-0.4, -0.2) is 15.8 Å². The number of pyridine rings is 1. The third-order valence-electron chi connectivity index (χ3n) is 5.18. The molecule has 4 rings (SSSR count). The van der Waals surface area contributed by atoms with Gasteiger partial charge in [0.2, 0.25) is 0 Å². The van der Waals surface area contributed by atoms with Gasteiger partial charge in [0.25, 0.3) is 0 Å². The largest absolute Gasteiger partial charge is 0.417 e. The number of alkyl halides is 3. The molecule has 4 aromatic rings. The van der Waals surface area contributed by atoms with E-state index >= 15 is 0 Å². The monoisotopic (exact) mass is 434 g/mol. The number of hydrazone groups is 1. The first-order chi connectivity index (χ1) is 15.3. The Bertz CT molecular complexity index is 1220. The topological polar surface area (TPSA) is 42.2 Å². The molecule has 162 valence electrons. The summed E-state index contributed by atoms with van der Waals surface area (Å²) in [5.74, 6) is 0.236. The van der Waals surface area contributed by atoms with Crippen LogP contribution < -0.4 is 5.43 Å². The lowest BCUT2D eigenvalue weighted by Crippen LogP contribution is -2.05. The van der Waals surface area contributed by atoms with Crippen molar-refractivity contribution in [3.8, 4) is 16.8 Å². The van der Waals surface area contributed by atoms with Crippen LogP contribution in [-0.2, 0) is 6.18 Å². The quantitative estimate of drug-likeness (QED) is 0.283. The Labute approximate surface area is 184 Å². The molecule has 0 bridgehead atoms. The van der Waals surface area contributed by atoms with E-state index in [4.69, 9.17) is 0 Å². The molecule has 0 aliphatic carbocycles. The van der Waals surface area contributed by atoms with Gasteiger partial charge in [0.05, 0.1) is 11.8 Å². The zero-order chi connectivity index (χ0) is 22.7. The van der Waals surface area contributed by atoms with Crippen molar-refractivity contribution in [1.29, 1.82) is 0 Å². The minimum atomic E-state index is -4.41. The molecule has 2 aromatic heterocycles. The number of nitrogens with zero attached hydrogens (tertiary/aromatic N) is 3. The smallest absolute Gasteiger partial charge is 0.318 e. The van der Waals surface area contributed by atoms with Gasteiger partial charge in [0.15, 0.2) is 0 Å². The average molecular weight is 434 g/mol. The number of halogens is 3. The number of aromatic nitrogens is 2. The molecule has 0 aliphatic rings. The lowest BCUT2D eigenvalue weighted by atomic mass is 10.1. The first-order valence-electron chi connectivity index (χ1n) is 10.00. The van der Waals surface area contributed by atoms with Gasteiger partial charge in [-0.25, -0.2) is 4.98 Å². The molecule has 0 atom stereocenters. The molecule has 0 radical (unpaired) electrons. The highest BCUT2D eigenvalue weighted by Gasteiger charge is 2.30. The van der Waals surface area contributed by atoms with Gasteiger partial charge in [-0.1, -0.05) is 42.5 Å². The molecule has 0 saturated carbocycles. The molecule has 4 nitrogen and oxygen atoms in total. The van der Waals surface area contributed by atoms with Crippen molar-refractivity contribution in [3.63, 3.8) is 0 Å². The van der Waals surface area contributed by atoms with Gasteiger partial charge >= 0.3 is 6.18 Å². The molecule has 0 unspecified atom stereocenters. The summed E-state index contributed by atoms with van der Waals surface area (Å²) in [7, 11) is 0. The first-order valence-corrected chi connectivity index (χ1v) is 10.00. The second kappa shape index (κ2) is 8.70. The Balaban J connectivity index is 1.50. The number of benzene rings is 2. The summed E-state index contributed by atoms with van der Waals surface area (Å²) in [6.07, 6.45) is -2.00. The summed E-state index contributed by atoms with van der Waals surface area (Å²) in [5.41, 5.74) is 8.17. The third-order valence-corrected chi connectivity index (χ3v) is 5.18. The van der Waals surface area contributed by atoms with E-state index in [1.165, 1.54) is 6.07 Å². The Hall–Kier alpha value is -3.87. The predicted octanol–water partition coefficient (Wildman–Crippen LogP) is 6.62. The van der Waals surface area contributed by atoms with Gasteiger partial charge in [-0.05, 0) is 55.3 Å². The Morgan fingerprint density at radius 2 is 1.59 bits per heavy atom. The summed E-state index contributed by atoms with van der Waals surface area (Å²) in [6, 6.07) is 22.7. The van der Waals surface area contributed by atoms with Crippen molar-refractivity contribution >= 4 is 12.0 Å². The molecule has 0 amide bonds. The fourth-order valence-electron chi connectivity index (χ4n) is 3.54. The standard InChI is InChI=1S/C25H21F3N4/c1-17-14-21(15-30-31-24-13-10-22(16-29-24)25(26,27)28)18(2)32(17)23-11-8-20(9-12-23)19-6-4-3-5-7-19/h3-16H,1-2H3,(H,29,31)/b30-15+. The summed E-state index contributed by atoms with van der Waals surface area (Å²) in [4.78, 5) is 3.75. The Morgan fingerprint density at radius 3 is 2.22 bits per heavy atom. The van der Waals surface area contributed by atoms with Crippen LogP contribution in [0.15, 0.2) is 84.1 Å². The molecule has 1 N–H and O–H groups in total. The van der Waals surface area contributed by atoms with E-state index in [2.05, 4.69) is 56.5 Å². The van der Waals surface area contributed by atoms with Crippen LogP contribution in [0.25, 0.3) is 16.8 Å². The molecule has 2 aromatic carbocycles.